The highest BCUT2D eigenvalue weighted by Gasteiger charge is 2.22. The van der Waals surface area contributed by atoms with E-state index in [0.29, 0.717) is 23.8 Å². The Bertz CT molecular complexity index is 427. The maximum atomic E-state index is 10.6. The first kappa shape index (κ1) is 14.8. The highest BCUT2D eigenvalue weighted by molar-refractivity contribution is 6.32. The summed E-state index contributed by atoms with van der Waals surface area (Å²) in [7, 11) is 0. The second-order valence-corrected chi connectivity index (χ2v) is 5.26. The van der Waals surface area contributed by atoms with Crippen molar-refractivity contribution in [3.63, 3.8) is 0 Å². The molecular formula is C14H19ClO3. The van der Waals surface area contributed by atoms with Gasteiger partial charge in [-0.2, -0.15) is 0 Å². The Kier molecular flexibility index (Phi) is 5.03. The number of ether oxygens (including phenoxy) is 1. The van der Waals surface area contributed by atoms with Crippen LogP contribution in [0.25, 0.3) is 0 Å². The van der Waals surface area contributed by atoms with E-state index < -0.39 is 5.97 Å². The lowest BCUT2D eigenvalue weighted by atomic mass is 9.80. The number of rotatable bonds is 6. The summed E-state index contributed by atoms with van der Waals surface area (Å²) in [5.41, 5.74) is 0.810. The SMILES string of the molecule is CCOc1ccc(C(C)(C)CCC(=O)O)cc1Cl. The number of halogens is 1. The maximum absolute atomic E-state index is 10.6. The molecule has 1 N–H and O–H groups in total. The van der Waals surface area contributed by atoms with Crippen molar-refractivity contribution in [2.24, 2.45) is 0 Å². The molecular weight excluding hydrogens is 252 g/mol. The smallest absolute Gasteiger partial charge is 0.303 e. The third-order valence-electron chi connectivity index (χ3n) is 2.98. The Morgan fingerprint density at radius 2 is 2.11 bits per heavy atom. The van der Waals surface area contributed by atoms with Crippen molar-refractivity contribution in [2.75, 3.05) is 6.61 Å². The zero-order valence-corrected chi connectivity index (χ0v) is 11.8. The van der Waals surface area contributed by atoms with Crippen LogP contribution in [0.5, 0.6) is 5.75 Å². The van der Waals surface area contributed by atoms with E-state index in [-0.39, 0.29) is 11.8 Å². The molecule has 0 saturated heterocycles. The van der Waals surface area contributed by atoms with Crippen molar-refractivity contribution in [3.8, 4) is 5.75 Å². The monoisotopic (exact) mass is 270 g/mol. The molecule has 0 saturated carbocycles. The highest BCUT2D eigenvalue weighted by atomic mass is 35.5. The molecule has 0 unspecified atom stereocenters. The minimum atomic E-state index is -0.778. The van der Waals surface area contributed by atoms with Gasteiger partial charge in [0.05, 0.1) is 11.6 Å². The molecule has 1 aromatic carbocycles. The molecule has 18 heavy (non-hydrogen) atoms. The van der Waals surface area contributed by atoms with Gasteiger partial charge in [-0.15, -0.1) is 0 Å². The molecule has 0 heterocycles. The molecule has 0 atom stereocenters. The van der Waals surface area contributed by atoms with Gasteiger partial charge in [-0.25, -0.2) is 0 Å². The van der Waals surface area contributed by atoms with Gasteiger partial charge in [-0.3, -0.25) is 4.79 Å². The summed E-state index contributed by atoms with van der Waals surface area (Å²) in [5.74, 6) is -0.114. The zero-order chi connectivity index (χ0) is 13.8. The first-order chi connectivity index (χ1) is 8.36. The van der Waals surface area contributed by atoms with E-state index in [1.807, 2.05) is 39.0 Å². The standard InChI is InChI=1S/C14H19ClO3/c1-4-18-12-6-5-10(9-11(12)15)14(2,3)8-7-13(16)17/h5-6,9H,4,7-8H2,1-3H3,(H,16,17). The molecule has 4 heteroatoms. The molecule has 3 nitrogen and oxygen atoms in total. The summed E-state index contributed by atoms with van der Waals surface area (Å²) in [5, 5.41) is 9.31. The van der Waals surface area contributed by atoms with Crippen LogP contribution in [-0.2, 0) is 10.2 Å². The fourth-order valence-electron chi connectivity index (χ4n) is 1.76. The normalized spacial score (nSPS) is 11.3. The Morgan fingerprint density at radius 1 is 1.44 bits per heavy atom. The Labute approximate surface area is 113 Å². The maximum Gasteiger partial charge on any atom is 0.303 e. The summed E-state index contributed by atoms with van der Waals surface area (Å²) >= 11 is 6.14. The van der Waals surface area contributed by atoms with Gasteiger partial charge in [-0.05, 0) is 36.5 Å². The van der Waals surface area contributed by atoms with E-state index in [9.17, 15) is 4.79 Å². The first-order valence-corrected chi connectivity index (χ1v) is 6.39. The van der Waals surface area contributed by atoms with Gasteiger partial charge in [-0.1, -0.05) is 31.5 Å². The van der Waals surface area contributed by atoms with Gasteiger partial charge in [0.2, 0.25) is 0 Å². The molecule has 0 radical (unpaired) electrons. The lowest BCUT2D eigenvalue weighted by Crippen LogP contribution is -2.18. The molecule has 0 aliphatic carbocycles. The fraction of sp³-hybridized carbons (Fsp3) is 0.500. The summed E-state index contributed by atoms with van der Waals surface area (Å²) in [6.45, 7) is 6.51. The summed E-state index contributed by atoms with van der Waals surface area (Å²) in [6, 6.07) is 5.64. The summed E-state index contributed by atoms with van der Waals surface area (Å²) in [6.07, 6.45) is 0.727. The molecule has 0 aromatic heterocycles. The third-order valence-corrected chi connectivity index (χ3v) is 3.27. The average Bonchev–Trinajstić information content (AvgIpc) is 2.29. The number of carbonyl (C=O) groups is 1. The number of aliphatic carboxylic acids is 1. The lowest BCUT2D eigenvalue weighted by molar-refractivity contribution is -0.137. The second-order valence-electron chi connectivity index (χ2n) is 4.86. The first-order valence-electron chi connectivity index (χ1n) is 6.01. The van der Waals surface area contributed by atoms with Crippen LogP contribution < -0.4 is 4.74 Å². The van der Waals surface area contributed by atoms with Crippen LogP contribution in [0.15, 0.2) is 18.2 Å². The van der Waals surface area contributed by atoms with Crippen molar-refractivity contribution >= 4 is 17.6 Å². The van der Waals surface area contributed by atoms with Crippen LogP contribution in [-0.4, -0.2) is 17.7 Å². The van der Waals surface area contributed by atoms with Crippen molar-refractivity contribution < 1.29 is 14.6 Å². The lowest BCUT2D eigenvalue weighted by Gasteiger charge is -2.25. The van der Waals surface area contributed by atoms with Crippen molar-refractivity contribution in [1.82, 2.24) is 0 Å². The van der Waals surface area contributed by atoms with Crippen LogP contribution in [0.3, 0.4) is 0 Å². The topological polar surface area (TPSA) is 46.5 Å². The van der Waals surface area contributed by atoms with Crippen molar-refractivity contribution in [1.29, 1.82) is 0 Å². The molecule has 0 aliphatic rings. The Hall–Kier alpha value is -1.22. The molecule has 0 bridgehead atoms. The molecule has 0 aliphatic heterocycles. The number of carboxylic acid groups (broad SMARTS) is 1. The zero-order valence-electron chi connectivity index (χ0n) is 11.0. The van der Waals surface area contributed by atoms with Gasteiger partial charge < -0.3 is 9.84 Å². The second kappa shape index (κ2) is 6.10. The fourth-order valence-corrected chi connectivity index (χ4v) is 1.99. The number of benzene rings is 1. The summed E-state index contributed by atoms with van der Waals surface area (Å²) in [4.78, 5) is 10.6. The van der Waals surface area contributed by atoms with Crippen LogP contribution in [0.4, 0.5) is 0 Å². The molecule has 0 spiro atoms. The molecule has 0 fully saturated rings. The summed E-state index contributed by atoms with van der Waals surface area (Å²) < 4.78 is 5.38. The van der Waals surface area contributed by atoms with Gasteiger partial charge in [0.1, 0.15) is 5.75 Å². The van der Waals surface area contributed by atoms with Crippen molar-refractivity contribution in [3.05, 3.63) is 28.8 Å². The minimum absolute atomic E-state index is 0.151. The van der Waals surface area contributed by atoms with Gasteiger partial charge >= 0.3 is 5.97 Å². The Morgan fingerprint density at radius 3 is 2.61 bits per heavy atom. The van der Waals surface area contributed by atoms with Crippen LogP contribution in [0.1, 0.15) is 39.2 Å². The van der Waals surface area contributed by atoms with Crippen molar-refractivity contribution in [2.45, 2.75) is 39.0 Å². The predicted octanol–water partition coefficient (Wildman–Crippen LogP) is 3.88. The van der Waals surface area contributed by atoms with E-state index in [0.717, 1.165) is 5.56 Å². The largest absolute Gasteiger partial charge is 0.492 e. The number of hydrogen-bond acceptors (Lipinski definition) is 2. The quantitative estimate of drug-likeness (QED) is 0.853. The minimum Gasteiger partial charge on any atom is -0.492 e. The Balaban J connectivity index is 2.88. The van der Waals surface area contributed by atoms with E-state index in [4.69, 9.17) is 21.4 Å². The highest BCUT2D eigenvalue weighted by Crippen LogP contribution is 2.34. The van der Waals surface area contributed by atoms with E-state index in [2.05, 4.69) is 0 Å². The molecule has 0 amide bonds. The van der Waals surface area contributed by atoms with E-state index >= 15 is 0 Å². The van der Waals surface area contributed by atoms with Gasteiger partial charge in [0, 0.05) is 6.42 Å². The third kappa shape index (κ3) is 3.91. The average molecular weight is 271 g/mol. The van der Waals surface area contributed by atoms with Crippen LogP contribution in [0, 0.1) is 0 Å². The molecule has 100 valence electrons. The number of hydrogen-bond donors (Lipinski definition) is 1. The predicted molar refractivity (Wildman–Crippen MR) is 72.5 cm³/mol. The molecule has 1 rings (SSSR count). The number of carboxylic acids is 1. The van der Waals surface area contributed by atoms with Crippen LogP contribution in [0.2, 0.25) is 5.02 Å². The van der Waals surface area contributed by atoms with E-state index in [1.54, 1.807) is 0 Å². The van der Waals surface area contributed by atoms with Gasteiger partial charge in [0.25, 0.3) is 0 Å². The van der Waals surface area contributed by atoms with E-state index in [1.165, 1.54) is 0 Å². The molecule has 1 aromatic rings. The van der Waals surface area contributed by atoms with Gasteiger partial charge in [0.15, 0.2) is 0 Å². The van der Waals surface area contributed by atoms with Crippen LogP contribution >= 0.6 is 11.6 Å².